The number of hydrogen-bond donors (Lipinski definition) is 1. The van der Waals surface area contributed by atoms with Gasteiger partial charge in [0.15, 0.2) is 0 Å². The number of nitrogens with zero attached hydrogens (tertiary/aromatic N) is 3. The number of benzene rings is 1. The van der Waals surface area contributed by atoms with Crippen molar-refractivity contribution < 1.29 is 19.5 Å². The summed E-state index contributed by atoms with van der Waals surface area (Å²) in [4.78, 5) is 48.5. The first-order chi connectivity index (χ1) is 18.6. The number of anilines is 1. The zero-order valence-electron chi connectivity index (χ0n) is 23.0. The molecule has 7 nitrogen and oxygen atoms in total. The molecule has 39 heavy (non-hydrogen) atoms. The molecule has 4 heterocycles. The fourth-order valence-corrected chi connectivity index (χ4v) is 9.28. The molecule has 0 bridgehead atoms. The minimum atomic E-state index is -0.940. The van der Waals surface area contributed by atoms with Crippen LogP contribution in [-0.4, -0.2) is 80.4 Å². The first kappa shape index (κ1) is 28.2. The standard InChI is InChI=1S/C30H38ClN3O4S/c1-5-15-32-16-7-13-29(4)23(26(32)36)24-27(37)34(22(18-35)19(3)6-2)25-28(38)33(17-8-14-30(24,25)39-29)21-11-9-20(31)10-12-21/h7-14,19,22-25,35H,5-6,15-18H2,1-4H3/t19-,22-,23+,24-,25?,29-,30-/m0/s1. The number of likely N-dealkylation sites (tertiary alicyclic amines) is 1. The van der Waals surface area contributed by atoms with Crippen LogP contribution in [0.25, 0.3) is 0 Å². The first-order valence-corrected chi connectivity index (χ1v) is 15.2. The Morgan fingerprint density at radius 2 is 1.72 bits per heavy atom. The van der Waals surface area contributed by atoms with E-state index in [1.807, 2.05) is 63.0 Å². The largest absolute Gasteiger partial charge is 0.394 e. The molecule has 9 heteroatoms. The minimum Gasteiger partial charge on any atom is -0.394 e. The summed E-state index contributed by atoms with van der Waals surface area (Å²) in [6, 6.07) is 5.73. The highest BCUT2D eigenvalue weighted by Crippen LogP contribution is 2.66. The van der Waals surface area contributed by atoms with Gasteiger partial charge in [0.05, 0.1) is 29.2 Å². The van der Waals surface area contributed by atoms with Crippen LogP contribution in [0.4, 0.5) is 5.69 Å². The van der Waals surface area contributed by atoms with Crippen molar-refractivity contribution in [3.63, 3.8) is 0 Å². The molecule has 1 unspecified atom stereocenters. The molecule has 1 N–H and O–H groups in total. The Morgan fingerprint density at radius 1 is 1.03 bits per heavy atom. The Bertz CT molecular complexity index is 1210. The molecule has 5 rings (SSSR count). The Balaban J connectivity index is 1.68. The molecule has 3 amide bonds. The number of aliphatic hydroxyl groups excluding tert-OH is 1. The molecular weight excluding hydrogens is 534 g/mol. The Labute approximate surface area is 240 Å². The van der Waals surface area contributed by atoms with E-state index in [4.69, 9.17) is 11.6 Å². The van der Waals surface area contributed by atoms with Gasteiger partial charge in [-0.25, -0.2) is 0 Å². The number of carbonyl (C=O) groups is 3. The third-order valence-corrected chi connectivity index (χ3v) is 11.1. The van der Waals surface area contributed by atoms with Crippen LogP contribution in [0, 0.1) is 17.8 Å². The number of amides is 3. The van der Waals surface area contributed by atoms with Crippen LogP contribution in [0.3, 0.4) is 0 Å². The number of thioether (sulfide) groups is 1. The van der Waals surface area contributed by atoms with Gasteiger partial charge in [-0.2, -0.15) is 0 Å². The van der Waals surface area contributed by atoms with Gasteiger partial charge >= 0.3 is 0 Å². The summed E-state index contributed by atoms with van der Waals surface area (Å²) in [5.41, 5.74) is 0.694. The van der Waals surface area contributed by atoms with Gasteiger partial charge in [0.25, 0.3) is 5.91 Å². The molecule has 1 aromatic carbocycles. The van der Waals surface area contributed by atoms with Gasteiger partial charge in [-0.15, -0.1) is 11.8 Å². The lowest BCUT2D eigenvalue weighted by Gasteiger charge is -2.41. The van der Waals surface area contributed by atoms with E-state index >= 15 is 0 Å². The molecule has 7 atom stereocenters. The molecule has 0 aliphatic carbocycles. The number of fused-ring (bicyclic) bond motifs is 2. The van der Waals surface area contributed by atoms with Gasteiger partial charge in [0, 0.05) is 35.1 Å². The van der Waals surface area contributed by atoms with Crippen molar-refractivity contribution in [1.29, 1.82) is 0 Å². The van der Waals surface area contributed by atoms with Gasteiger partial charge in [0.2, 0.25) is 11.8 Å². The molecule has 2 fully saturated rings. The Hall–Kier alpha value is -2.29. The second-order valence-electron chi connectivity index (χ2n) is 11.4. The van der Waals surface area contributed by atoms with Gasteiger partial charge < -0.3 is 19.8 Å². The number of hydrogen-bond acceptors (Lipinski definition) is 5. The second kappa shape index (κ2) is 10.6. The predicted octanol–water partition coefficient (Wildman–Crippen LogP) is 4.15. The van der Waals surface area contributed by atoms with Crippen LogP contribution in [-0.2, 0) is 14.4 Å². The molecule has 0 aromatic heterocycles. The average Bonchev–Trinajstić information content (AvgIpc) is 3.19. The lowest BCUT2D eigenvalue weighted by molar-refractivity contribution is -0.146. The maximum atomic E-state index is 14.6. The van der Waals surface area contributed by atoms with E-state index in [1.54, 1.807) is 33.7 Å². The zero-order chi connectivity index (χ0) is 28.1. The second-order valence-corrected chi connectivity index (χ2v) is 13.6. The number of rotatable bonds is 7. The van der Waals surface area contributed by atoms with Crippen molar-refractivity contribution in [2.24, 2.45) is 17.8 Å². The molecule has 1 spiro atoms. The van der Waals surface area contributed by atoms with Crippen LogP contribution >= 0.6 is 23.4 Å². The maximum Gasteiger partial charge on any atom is 0.251 e. The highest BCUT2D eigenvalue weighted by atomic mass is 35.5. The summed E-state index contributed by atoms with van der Waals surface area (Å²) in [6.45, 7) is 9.33. The van der Waals surface area contributed by atoms with E-state index < -0.39 is 33.4 Å². The third kappa shape index (κ3) is 4.34. The highest BCUT2D eigenvalue weighted by Gasteiger charge is 2.74. The summed E-state index contributed by atoms with van der Waals surface area (Å²) in [5.74, 6) is -1.79. The van der Waals surface area contributed by atoms with E-state index in [2.05, 4.69) is 6.08 Å². The number of aliphatic hydroxyl groups is 1. The van der Waals surface area contributed by atoms with Crippen molar-refractivity contribution in [2.45, 2.75) is 62.1 Å². The first-order valence-electron chi connectivity index (χ1n) is 14.0. The Kier molecular flexibility index (Phi) is 7.68. The van der Waals surface area contributed by atoms with Crippen LogP contribution in [0.2, 0.25) is 5.02 Å². The van der Waals surface area contributed by atoms with Crippen LogP contribution < -0.4 is 4.90 Å². The van der Waals surface area contributed by atoms with Crippen molar-refractivity contribution in [3.05, 3.63) is 53.6 Å². The molecule has 4 aliphatic rings. The molecule has 2 saturated heterocycles. The fraction of sp³-hybridized carbons (Fsp3) is 0.567. The molecule has 1 aromatic rings. The van der Waals surface area contributed by atoms with Gasteiger partial charge in [0.1, 0.15) is 6.04 Å². The van der Waals surface area contributed by atoms with Crippen molar-refractivity contribution in [1.82, 2.24) is 9.80 Å². The number of halogens is 1. The summed E-state index contributed by atoms with van der Waals surface area (Å²) in [7, 11) is 0. The lowest BCUT2D eigenvalue weighted by atomic mass is 9.74. The van der Waals surface area contributed by atoms with E-state index in [9.17, 15) is 19.5 Å². The van der Waals surface area contributed by atoms with Crippen LogP contribution in [0.1, 0.15) is 40.5 Å². The lowest BCUT2D eigenvalue weighted by Crippen LogP contribution is -2.58. The minimum absolute atomic E-state index is 0.0310. The molecular formula is C30H38ClN3O4S. The zero-order valence-corrected chi connectivity index (χ0v) is 24.6. The normalized spacial score (nSPS) is 33.5. The van der Waals surface area contributed by atoms with E-state index in [1.165, 1.54) is 0 Å². The summed E-state index contributed by atoms with van der Waals surface area (Å²) in [6.07, 6.45) is 9.67. The Morgan fingerprint density at radius 3 is 2.36 bits per heavy atom. The average molecular weight is 572 g/mol. The predicted molar refractivity (Wildman–Crippen MR) is 156 cm³/mol. The van der Waals surface area contributed by atoms with Crippen molar-refractivity contribution in [2.75, 3.05) is 31.1 Å². The molecule has 4 aliphatic heterocycles. The monoisotopic (exact) mass is 571 g/mol. The topological polar surface area (TPSA) is 81.2 Å². The van der Waals surface area contributed by atoms with Crippen LogP contribution in [0.15, 0.2) is 48.6 Å². The van der Waals surface area contributed by atoms with Gasteiger partial charge in [-0.3, -0.25) is 14.4 Å². The summed E-state index contributed by atoms with van der Waals surface area (Å²) in [5, 5.41) is 11.1. The third-order valence-electron chi connectivity index (χ3n) is 9.06. The smallest absolute Gasteiger partial charge is 0.251 e. The van der Waals surface area contributed by atoms with E-state index in [-0.39, 0.29) is 30.2 Å². The quantitative estimate of drug-likeness (QED) is 0.497. The summed E-state index contributed by atoms with van der Waals surface area (Å²) >= 11 is 7.71. The number of carbonyl (C=O) groups excluding carboxylic acids is 3. The highest BCUT2D eigenvalue weighted by molar-refractivity contribution is 8.02. The van der Waals surface area contributed by atoms with Crippen molar-refractivity contribution in [3.8, 4) is 0 Å². The van der Waals surface area contributed by atoms with Gasteiger partial charge in [-0.1, -0.05) is 63.1 Å². The maximum absolute atomic E-state index is 14.6. The SMILES string of the molecule is CCCN1CC=C[C@]2(C)S[C@]34C=CCN(c5ccc(Cl)cc5)C(=O)C3N([C@@H](CO)[C@@H](C)CC)C(=O)[C@@H]4[C@@H]2C1=O. The van der Waals surface area contributed by atoms with E-state index in [0.29, 0.717) is 30.3 Å². The fourth-order valence-electron chi connectivity index (χ4n) is 7.01. The van der Waals surface area contributed by atoms with Gasteiger partial charge in [-0.05, 0) is 43.5 Å². The van der Waals surface area contributed by atoms with Crippen molar-refractivity contribution >= 4 is 46.8 Å². The van der Waals surface area contributed by atoms with Crippen LogP contribution in [0.5, 0.6) is 0 Å². The van der Waals surface area contributed by atoms with E-state index in [0.717, 1.165) is 12.8 Å². The molecule has 210 valence electrons. The summed E-state index contributed by atoms with van der Waals surface area (Å²) < 4.78 is -1.58. The molecule has 0 radical (unpaired) electrons. The molecule has 0 saturated carbocycles.